The van der Waals surface area contributed by atoms with E-state index in [0.717, 1.165) is 32.8 Å². The molecule has 0 unspecified atom stereocenters. The Labute approximate surface area is 264 Å². The average Bonchev–Trinajstić information content (AvgIpc) is 3.62. The molecule has 10 nitrogen and oxygen atoms in total. The Bertz CT molecular complexity index is 1610. The number of amides is 1. The SMILES string of the molecule is CCCc1nn(CC(F)(F)F)c(OCC(=O)N2CCOCC2)c1Cc1ccc(-c2ccccc2-c2nnn[n]2[Sn]([CH3])([CH3])[CH3])cc1. The summed E-state index contributed by atoms with van der Waals surface area (Å²) >= 11 is -2.67. The summed E-state index contributed by atoms with van der Waals surface area (Å²) in [6, 6.07) is 15.9. The van der Waals surface area contributed by atoms with Gasteiger partial charge in [0.05, 0.1) is 13.2 Å². The molecule has 0 atom stereocenters. The van der Waals surface area contributed by atoms with Crippen LogP contribution in [0.2, 0.25) is 14.8 Å². The van der Waals surface area contributed by atoms with E-state index in [1.165, 1.54) is 0 Å². The first kappa shape index (κ1) is 32.9. The molecular weight excluding hydrogens is 694 g/mol. The molecule has 0 saturated carbocycles. The molecule has 0 aliphatic carbocycles. The van der Waals surface area contributed by atoms with Crippen molar-refractivity contribution in [3.63, 3.8) is 0 Å². The van der Waals surface area contributed by atoms with Gasteiger partial charge in [-0.15, -0.1) is 0 Å². The standard InChI is InChI=1S/C28H29F3N7O3.3CH3.Sn/c1-2-5-24-23(27(38(34-24)18-28(29,30)31)41-17-25(39)37-12-14-40-15-13-37)16-19-8-10-20(11-9-19)21-6-3-4-7-22(21)26-32-35-36-33-26;;;;/h3-4,6-11H,2,5,12-18H2,1H3;3*1H3;/q-1;;;;+1. The van der Waals surface area contributed by atoms with Gasteiger partial charge in [0.25, 0.3) is 5.91 Å². The molecular formula is C31H38F3N7O3Sn. The molecule has 14 heteroatoms. The molecule has 5 rings (SSSR count). The zero-order valence-electron chi connectivity index (χ0n) is 26.0. The Balaban J connectivity index is 1.44. The summed E-state index contributed by atoms with van der Waals surface area (Å²) in [6.07, 6.45) is -3.04. The fourth-order valence-corrected chi connectivity index (χ4v) is 8.53. The maximum atomic E-state index is 13.6. The molecule has 1 fully saturated rings. The molecule has 0 N–H and O–H groups in total. The summed E-state index contributed by atoms with van der Waals surface area (Å²) in [5, 5.41) is 16.9. The molecule has 1 amide bonds. The molecule has 4 aromatic rings. The Morgan fingerprint density at radius 2 is 1.71 bits per heavy atom. The van der Waals surface area contributed by atoms with Crippen LogP contribution in [0, 0.1) is 0 Å². The van der Waals surface area contributed by atoms with Crippen LogP contribution in [-0.4, -0.2) is 96.8 Å². The normalized spacial score (nSPS) is 14.2. The molecule has 0 bridgehead atoms. The third-order valence-corrected chi connectivity index (χ3v) is 12.0. The number of nitrogens with zero attached hydrogens (tertiary/aromatic N) is 7. The Morgan fingerprint density at radius 3 is 2.36 bits per heavy atom. The summed E-state index contributed by atoms with van der Waals surface area (Å²) in [5.41, 5.74) is 4.83. The van der Waals surface area contributed by atoms with Crippen molar-refractivity contribution in [1.82, 2.24) is 33.1 Å². The predicted molar refractivity (Wildman–Crippen MR) is 165 cm³/mol. The van der Waals surface area contributed by atoms with Gasteiger partial charge in [0.15, 0.2) is 6.61 Å². The van der Waals surface area contributed by atoms with E-state index >= 15 is 0 Å². The van der Waals surface area contributed by atoms with Crippen molar-refractivity contribution in [1.29, 1.82) is 0 Å². The first-order chi connectivity index (χ1) is 21.4. The number of halogens is 3. The fraction of sp³-hybridized carbons (Fsp3) is 0.452. The quantitative estimate of drug-likeness (QED) is 0.195. The van der Waals surface area contributed by atoms with Crippen molar-refractivity contribution < 1.29 is 27.4 Å². The number of aryl methyl sites for hydroxylation is 1. The van der Waals surface area contributed by atoms with Gasteiger partial charge in [0, 0.05) is 13.1 Å². The third-order valence-electron chi connectivity index (χ3n) is 7.51. The second kappa shape index (κ2) is 13.9. The predicted octanol–water partition coefficient (Wildman–Crippen LogP) is 5.23. The van der Waals surface area contributed by atoms with Crippen LogP contribution in [0.1, 0.15) is 30.2 Å². The van der Waals surface area contributed by atoms with E-state index in [0.29, 0.717) is 56.8 Å². The van der Waals surface area contributed by atoms with Gasteiger partial charge < -0.3 is 9.64 Å². The summed E-state index contributed by atoms with van der Waals surface area (Å²) in [7, 11) is 0. The number of ether oxygens (including phenoxy) is 2. The maximum absolute atomic E-state index is 13.6. The van der Waals surface area contributed by atoms with Crippen molar-refractivity contribution in [2.45, 2.75) is 53.7 Å². The van der Waals surface area contributed by atoms with Crippen molar-refractivity contribution >= 4 is 24.6 Å². The van der Waals surface area contributed by atoms with E-state index in [2.05, 4.69) is 35.4 Å². The summed E-state index contributed by atoms with van der Waals surface area (Å²) in [4.78, 5) is 21.1. The number of tetrazole rings is 1. The Kier molecular flexibility index (Phi) is 10.2. The van der Waals surface area contributed by atoms with Crippen LogP contribution < -0.4 is 4.74 Å². The van der Waals surface area contributed by atoms with Gasteiger partial charge in [-0.1, -0.05) is 13.3 Å². The van der Waals surface area contributed by atoms with Gasteiger partial charge in [0.1, 0.15) is 6.54 Å². The molecule has 1 aliphatic rings. The Morgan fingerprint density at radius 1 is 1.02 bits per heavy atom. The number of hydrogen-bond donors (Lipinski definition) is 0. The third kappa shape index (κ3) is 8.04. The molecule has 0 radical (unpaired) electrons. The molecule has 2 aromatic heterocycles. The van der Waals surface area contributed by atoms with Crippen molar-refractivity contribution in [2.24, 2.45) is 0 Å². The van der Waals surface area contributed by atoms with E-state index in [9.17, 15) is 18.0 Å². The van der Waals surface area contributed by atoms with E-state index in [-0.39, 0.29) is 18.4 Å². The van der Waals surface area contributed by atoms with E-state index in [1.54, 1.807) is 4.90 Å². The van der Waals surface area contributed by atoms with Crippen molar-refractivity contribution in [3.8, 4) is 28.4 Å². The zero-order chi connectivity index (χ0) is 32.2. The van der Waals surface area contributed by atoms with Crippen LogP contribution in [-0.2, 0) is 28.9 Å². The van der Waals surface area contributed by atoms with Gasteiger partial charge in [-0.2, -0.15) is 13.2 Å². The van der Waals surface area contributed by atoms with Crippen LogP contribution in [0.3, 0.4) is 0 Å². The molecule has 0 spiro atoms. The van der Waals surface area contributed by atoms with E-state index in [4.69, 9.17) is 9.47 Å². The van der Waals surface area contributed by atoms with Crippen LogP contribution in [0.5, 0.6) is 5.88 Å². The van der Waals surface area contributed by atoms with Crippen molar-refractivity contribution in [2.75, 3.05) is 32.9 Å². The second-order valence-corrected chi connectivity index (χ2v) is 25.6. The number of rotatable bonds is 11. The molecule has 1 aliphatic heterocycles. The number of aromatic nitrogens is 6. The van der Waals surface area contributed by atoms with E-state index in [1.807, 2.05) is 58.4 Å². The van der Waals surface area contributed by atoms with Crippen molar-refractivity contribution in [3.05, 3.63) is 65.4 Å². The van der Waals surface area contributed by atoms with Crippen LogP contribution in [0.25, 0.3) is 22.5 Å². The van der Waals surface area contributed by atoms with Crippen LogP contribution in [0.4, 0.5) is 13.2 Å². The number of morpholine rings is 1. The van der Waals surface area contributed by atoms with Gasteiger partial charge in [0.2, 0.25) is 0 Å². The Hall–Kier alpha value is -3.46. The number of carbonyl (C=O) groups is 1. The molecule has 2 aromatic carbocycles. The fourth-order valence-electron chi connectivity index (χ4n) is 5.36. The summed E-state index contributed by atoms with van der Waals surface area (Å²) in [5.74, 6) is 0.422. The molecule has 1 saturated heterocycles. The number of hydrogen-bond acceptors (Lipinski definition) is 7. The van der Waals surface area contributed by atoms with Gasteiger partial charge in [-0.05, 0) is 0 Å². The second-order valence-electron chi connectivity index (χ2n) is 12.0. The number of benzene rings is 2. The minimum absolute atomic E-state index is 0.0212. The monoisotopic (exact) mass is 733 g/mol. The topological polar surface area (TPSA) is 100 Å². The van der Waals surface area contributed by atoms with Gasteiger partial charge >= 0.3 is 179 Å². The average molecular weight is 732 g/mol. The van der Waals surface area contributed by atoms with Crippen LogP contribution in [0.15, 0.2) is 48.5 Å². The first-order valence-corrected chi connectivity index (χ1v) is 24.9. The van der Waals surface area contributed by atoms with Gasteiger partial charge in [-0.25, -0.2) is 0 Å². The van der Waals surface area contributed by atoms with Gasteiger partial charge in [-0.3, -0.25) is 4.79 Å². The first-order valence-electron chi connectivity index (χ1n) is 15.1. The number of carbonyl (C=O) groups excluding carboxylic acids is 1. The summed E-state index contributed by atoms with van der Waals surface area (Å²) in [6.45, 7) is 1.93. The molecule has 45 heavy (non-hydrogen) atoms. The summed E-state index contributed by atoms with van der Waals surface area (Å²) < 4.78 is 54.8. The zero-order valence-corrected chi connectivity index (χ0v) is 28.8. The molecule has 3 heterocycles. The molecule has 240 valence electrons. The number of alkyl halides is 3. The minimum atomic E-state index is -4.51. The van der Waals surface area contributed by atoms with E-state index < -0.39 is 31.4 Å². The van der Waals surface area contributed by atoms with Crippen LogP contribution >= 0.6 is 0 Å².